The molecule has 0 spiro atoms. The number of nitrogens with one attached hydrogen (secondary N) is 1. The number of carbonyl (C=O) groups is 1. The van der Waals surface area contributed by atoms with Crippen molar-refractivity contribution in [2.24, 2.45) is 0 Å². The van der Waals surface area contributed by atoms with Gasteiger partial charge in [-0.15, -0.1) is 0 Å². The highest BCUT2D eigenvalue weighted by Crippen LogP contribution is 2.25. The lowest BCUT2D eigenvalue weighted by atomic mass is 10.1. The number of rotatable bonds is 5. The van der Waals surface area contributed by atoms with E-state index in [2.05, 4.69) is 5.32 Å². The molecule has 0 atom stereocenters. The highest BCUT2D eigenvalue weighted by molar-refractivity contribution is 6.03. The fourth-order valence-corrected chi connectivity index (χ4v) is 2.24. The number of benzene rings is 2. The van der Waals surface area contributed by atoms with Crippen molar-refractivity contribution in [3.63, 3.8) is 0 Å². The second-order valence-electron chi connectivity index (χ2n) is 5.27. The van der Waals surface area contributed by atoms with Gasteiger partial charge in [-0.2, -0.15) is 0 Å². The molecule has 23 heavy (non-hydrogen) atoms. The van der Waals surface area contributed by atoms with E-state index < -0.39 is 0 Å². The molecule has 2 aromatic rings. The molecule has 4 heteroatoms. The lowest BCUT2D eigenvalue weighted by molar-refractivity contribution is -0.111. The third kappa shape index (κ3) is 4.36. The number of methoxy groups -OCH3 is 2. The van der Waals surface area contributed by atoms with Crippen LogP contribution in [-0.4, -0.2) is 20.1 Å². The van der Waals surface area contributed by atoms with Crippen LogP contribution in [-0.2, 0) is 4.79 Å². The summed E-state index contributed by atoms with van der Waals surface area (Å²) in [5.74, 6) is 1.13. The molecule has 2 rings (SSSR count). The first-order valence-electron chi connectivity index (χ1n) is 7.32. The molecule has 0 bridgehead atoms. The molecular formula is C19H21NO3. The molecule has 120 valence electrons. The van der Waals surface area contributed by atoms with Crippen molar-refractivity contribution in [1.29, 1.82) is 0 Å². The molecular weight excluding hydrogens is 290 g/mol. The molecule has 0 fully saturated rings. The molecule has 1 N–H and O–H groups in total. The van der Waals surface area contributed by atoms with Crippen LogP contribution in [0.1, 0.15) is 16.7 Å². The molecule has 0 aromatic heterocycles. The molecule has 0 heterocycles. The average Bonchev–Trinajstić information content (AvgIpc) is 2.53. The van der Waals surface area contributed by atoms with Gasteiger partial charge in [0.1, 0.15) is 11.5 Å². The van der Waals surface area contributed by atoms with Gasteiger partial charge in [0.15, 0.2) is 0 Å². The topological polar surface area (TPSA) is 47.6 Å². The Labute approximate surface area is 136 Å². The van der Waals surface area contributed by atoms with E-state index in [1.165, 1.54) is 6.08 Å². The van der Waals surface area contributed by atoms with Crippen LogP contribution in [0.3, 0.4) is 0 Å². The van der Waals surface area contributed by atoms with Crippen LogP contribution in [0.5, 0.6) is 11.5 Å². The van der Waals surface area contributed by atoms with Crippen molar-refractivity contribution >= 4 is 17.7 Å². The fraction of sp³-hybridized carbons (Fsp3) is 0.211. The van der Waals surface area contributed by atoms with Crippen molar-refractivity contribution in [3.8, 4) is 11.5 Å². The summed E-state index contributed by atoms with van der Waals surface area (Å²) < 4.78 is 10.6. The van der Waals surface area contributed by atoms with Crippen LogP contribution in [0.25, 0.3) is 6.08 Å². The first-order valence-corrected chi connectivity index (χ1v) is 7.32. The van der Waals surface area contributed by atoms with Gasteiger partial charge in [-0.3, -0.25) is 4.79 Å². The second-order valence-corrected chi connectivity index (χ2v) is 5.27. The van der Waals surface area contributed by atoms with Gasteiger partial charge in [0, 0.05) is 11.6 Å². The maximum absolute atomic E-state index is 12.2. The Morgan fingerprint density at radius 1 is 0.957 bits per heavy atom. The summed E-state index contributed by atoms with van der Waals surface area (Å²) in [6.07, 6.45) is 3.22. The van der Waals surface area contributed by atoms with Gasteiger partial charge in [0.2, 0.25) is 5.91 Å². The Morgan fingerprint density at radius 2 is 1.57 bits per heavy atom. The number of hydrogen-bond acceptors (Lipinski definition) is 3. The maximum atomic E-state index is 12.2. The van der Waals surface area contributed by atoms with E-state index in [0.29, 0.717) is 11.4 Å². The van der Waals surface area contributed by atoms with Gasteiger partial charge in [-0.05, 0) is 49.8 Å². The Morgan fingerprint density at radius 3 is 2.22 bits per heavy atom. The van der Waals surface area contributed by atoms with Crippen LogP contribution in [0.2, 0.25) is 0 Å². The number of hydrogen-bond donors (Lipinski definition) is 1. The first-order chi connectivity index (χ1) is 11.0. The highest BCUT2D eigenvalue weighted by Gasteiger charge is 2.06. The summed E-state index contributed by atoms with van der Waals surface area (Å²) >= 11 is 0. The van der Waals surface area contributed by atoms with E-state index in [4.69, 9.17) is 9.47 Å². The fourth-order valence-electron chi connectivity index (χ4n) is 2.24. The molecule has 0 radical (unpaired) electrons. The van der Waals surface area contributed by atoms with Crippen LogP contribution in [0.15, 0.2) is 42.5 Å². The zero-order valence-electron chi connectivity index (χ0n) is 13.8. The van der Waals surface area contributed by atoms with Crippen molar-refractivity contribution in [3.05, 3.63) is 59.2 Å². The minimum Gasteiger partial charge on any atom is -0.496 e. The summed E-state index contributed by atoms with van der Waals surface area (Å²) in [5.41, 5.74) is 3.66. The standard InChI is InChI=1S/C19H21NO3/c1-13-5-8-17(22-3)15(11-13)7-10-19(21)20-16-12-14(2)6-9-18(16)23-4/h5-12H,1-4H3,(H,20,21)/b10-7+. The van der Waals surface area contributed by atoms with Crippen molar-refractivity contribution in [2.75, 3.05) is 19.5 Å². The lowest BCUT2D eigenvalue weighted by Gasteiger charge is -2.10. The Kier molecular flexibility index (Phi) is 5.41. The molecule has 0 saturated carbocycles. The molecule has 0 saturated heterocycles. The van der Waals surface area contributed by atoms with E-state index in [1.807, 2.05) is 50.2 Å². The van der Waals surface area contributed by atoms with Crippen molar-refractivity contribution in [1.82, 2.24) is 0 Å². The largest absolute Gasteiger partial charge is 0.496 e. The van der Waals surface area contributed by atoms with Gasteiger partial charge in [-0.25, -0.2) is 0 Å². The number of carbonyl (C=O) groups excluding carboxylic acids is 1. The molecule has 0 aliphatic carbocycles. The van der Waals surface area contributed by atoms with Gasteiger partial charge in [0.25, 0.3) is 0 Å². The molecule has 0 aliphatic heterocycles. The van der Waals surface area contributed by atoms with Crippen LogP contribution < -0.4 is 14.8 Å². The van der Waals surface area contributed by atoms with Crippen molar-refractivity contribution in [2.45, 2.75) is 13.8 Å². The van der Waals surface area contributed by atoms with E-state index in [9.17, 15) is 4.79 Å². The molecule has 4 nitrogen and oxygen atoms in total. The summed E-state index contributed by atoms with van der Waals surface area (Å²) in [5, 5.41) is 2.83. The zero-order valence-corrected chi connectivity index (χ0v) is 13.8. The third-order valence-electron chi connectivity index (χ3n) is 3.41. The third-order valence-corrected chi connectivity index (χ3v) is 3.41. The second kappa shape index (κ2) is 7.49. The summed E-state index contributed by atoms with van der Waals surface area (Å²) in [6, 6.07) is 11.5. The van der Waals surface area contributed by atoms with Gasteiger partial charge < -0.3 is 14.8 Å². The normalized spacial score (nSPS) is 10.6. The van der Waals surface area contributed by atoms with E-state index in [0.717, 1.165) is 22.4 Å². The van der Waals surface area contributed by atoms with E-state index in [1.54, 1.807) is 20.3 Å². The molecule has 1 amide bonds. The molecule has 0 aliphatic rings. The Hall–Kier alpha value is -2.75. The number of anilines is 1. The summed E-state index contributed by atoms with van der Waals surface area (Å²) in [4.78, 5) is 12.2. The van der Waals surface area contributed by atoms with Crippen molar-refractivity contribution < 1.29 is 14.3 Å². The summed E-state index contributed by atoms with van der Waals surface area (Å²) in [7, 11) is 3.19. The van der Waals surface area contributed by atoms with Crippen LogP contribution >= 0.6 is 0 Å². The lowest BCUT2D eigenvalue weighted by Crippen LogP contribution is -2.09. The van der Waals surface area contributed by atoms with Gasteiger partial charge in [0.05, 0.1) is 19.9 Å². The number of ether oxygens (including phenoxy) is 2. The summed E-state index contributed by atoms with van der Waals surface area (Å²) in [6.45, 7) is 3.96. The predicted octanol–water partition coefficient (Wildman–Crippen LogP) is 3.97. The SMILES string of the molecule is COc1ccc(C)cc1/C=C/C(=O)Nc1cc(C)ccc1OC. The number of amides is 1. The number of aryl methyl sites for hydroxylation is 2. The minimum absolute atomic E-state index is 0.225. The monoisotopic (exact) mass is 311 g/mol. The van der Waals surface area contributed by atoms with Crippen LogP contribution in [0, 0.1) is 13.8 Å². The predicted molar refractivity (Wildman–Crippen MR) is 93.1 cm³/mol. The highest BCUT2D eigenvalue weighted by atomic mass is 16.5. The quantitative estimate of drug-likeness (QED) is 0.850. The smallest absolute Gasteiger partial charge is 0.248 e. The Bertz CT molecular complexity index is 735. The van der Waals surface area contributed by atoms with Gasteiger partial charge >= 0.3 is 0 Å². The van der Waals surface area contributed by atoms with E-state index >= 15 is 0 Å². The average molecular weight is 311 g/mol. The van der Waals surface area contributed by atoms with Crippen LogP contribution in [0.4, 0.5) is 5.69 Å². The minimum atomic E-state index is -0.225. The Balaban J connectivity index is 2.17. The zero-order chi connectivity index (χ0) is 16.8. The molecule has 0 unspecified atom stereocenters. The maximum Gasteiger partial charge on any atom is 0.248 e. The first kappa shape index (κ1) is 16.6. The van der Waals surface area contributed by atoms with Gasteiger partial charge in [-0.1, -0.05) is 17.7 Å². The molecule has 2 aromatic carbocycles. The van der Waals surface area contributed by atoms with E-state index in [-0.39, 0.29) is 5.91 Å².